The number of unbranched alkanes of at least 4 members (excludes halogenated alkanes) is 9. The summed E-state index contributed by atoms with van der Waals surface area (Å²) in [6, 6.07) is -1.40. The lowest BCUT2D eigenvalue weighted by Crippen LogP contribution is -2.47. The number of carbonyl (C=O) groups is 4. The number of nitrogens with one attached hydrogen (secondary N) is 2. The minimum Gasteiger partial charge on any atom is -0.480 e. The Balaban J connectivity index is 4.33. The molecule has 0 aromatic heterocycles. The second-order valence-corrected chi connectivity index (χ2v) is 12.6. The van der Waals surface area contributed by atoms with Gasteiger partial charge in [0.2, 0.25) is 11.8 Å². The predicted octanol–water partition coefficient (Wildman–Crippen LogP) is 8.76. The van der Waals surface area contributed by atoms with Crippen molar-refractivity contribution in [1.29, 1.82) is 0 Å². The van der Waals surface area contributed by atoms with Crippen LogP contribution < -0.4 is 10.6 Å². The van der Waals surface area contributed by atoms with E-state index in [0.717, 1.165) is 96.3 Å². The van der Waals surface area contributed by atoms with Crippen molar-refractivity contribution in [2.24, 2.45) is 0 Å². The number of rotatable bonds is 33. The molecular weight excluding hydrogens is 644 g/mol. The lowest BCUT2D eigenvalue weighted by molar-refractivity contribution is -0.147. The molecule has 9 nitrogen and oxygen atoms in total. The van der Waals surface area contributed by atoms with Crippen molar-refractivity contribution in [3.05, 3.63) is 72.9 Å². The molecule has 2 atom stereocenters. The number of hydrogen-bond donors (Lipinski definition) is 4. The number of aliphatic carboxylic acids is 1. The van der Waals surface area contributed by atoms with Crippen molar-refractivity contribution in [1.82, 2.24) is 10.6 Å². The van der Waals surface area contributed by atoms with E-state index in [1.165, 1.54) is 12.8 Å². The van der Waals surface area contributed by atoms with Crippen molar-refractivity contribution >= 4 is 23.8 Å². The number of aliphatic hydroxyl groups is 1. The fraction of sp³-hybridized carbons (Fsp3) is 0.619. The summed E-state index contributed by atoms with van der Waals surface area (Å²) in [5, 5.41) is 22.5. The van der Waals surface area contributed by atoms with E-state index in [0.29, 0.717) is 12.8 Å². The Hall–Kier alpha value is -3.72. The van der Waals surface area contributed by atoms with E-state index in [1.807, 2.05) is 6.08 Å². The third-order valence-electron chi connectivity index (χ3n) is 7.92. The van der Waals surface area contributed by atoms with E-state index < -0.39 is 24.5 Å². The first-order chi connectivity index (χ1) is 24.8. The zero-order chi connectivity index (χ0) is 37.6. The summed E-state index contributed by atoms with van der Waals surface area (Å²) in [5.41, 5.74) is 0. The van der Waals surface area contributed by atoms with Gasteiger partial charge < -0.3 is 25.6 Å². The van der Waals surface area contributed by atoms with Crippen LogP contribution in [0.25, 0.3) is 0 Å². The van der Waals surface area contributed by atoms with Crippen LogP contribution in [0.1, 0.15) is 142 Å². The van der Waals surface area contributed by atoms with Gasteiger partial charge in [0.25, 0.3) is 0 Å². The highest BCUT2D eigenvalue weighted by atomic mass is 16.5. The smallest absolute Gasteiger partial charge is 0.328 e. The van der Waals surface area contributed by atoms with Crippen LogP contribution in [-0.2, 0) is 23.9 Å². The number of carboxylic acids is 1. The Labute approximate surface area is 308 Å². The van der Waals surface area contributed by atoms with Crippen LogP contribution in [0.2, 0.25) is 0 Å². The molecule has 0 bridgehead atoms. The molecule has 4 N–H and O–H groups in total. The quantitative estimate of drug-likeness (QED) is 0.0303. The van der Waals surface area contributed by atoms with Crippen molar-refractivity contribution < 1.29 is 34.1 Å². The highest BCUT2D eigenvalue weighted by molar-refractivity contribution is 5.87. The maximum atomic E-state index is 12.6. The Morgan fingerprint density at radius 3 is 1.78 bits per heavy atom. The maximum Gasteiger partial charge on any atom is 0.328 e. The lowest BCUT2D eigenvalue weighted by Gasteiger charge is -2.15. The minimum absolute atomic E-state index is 0.156. The fourth-order valence-corrected chi connectivity index (χ4v) is 4.93. The van der Waals surface area contributed by atoms with Crippen LogP contribution in [-0.4, -0.2) is 59.3 Å². The highest BCUT2D eigenvalue weighted by Crippen LogP contribution is 2.14. The zero-order valence-corrected chi connectivity index (χ0v) is 31.6. The normalized spacial score (nSPS) is 13.3. The molecule has 0 aliphatic heterocycles. The molecule has 288 valence electrons. The number of hydrogen-bond acceptors (Lipinski definition) is 6. The molecule has 0 aromatic carbocycles. The third kappa shape index (κ3) is 33.2. The van der Waals surface area contributed by atoms with Crippen molar-refractivity contribution in [2.75, 3.05) is 13.2 Å². The molecule has 0 aliphatic rings. The number of allylic oxidation sites excluding steroid dienone is 11. The number of amides is 2. The average Bonchev–Trinajstić information content (AvgIpc) is 3.11. The van der Waals surface area contributed by atoms with Crippen LogP contribution in [0.5, 0.6) is 0 Å². The Bertz CT molecular complexity index is 1090. The summed E-state index contributed by atoms with van der Waals surface area (Å²) in [6.45, 7) is 3.25. The van der Waals surface area contributed by atoms with Gasteiger partial charge in [-0.2, -0.15) is 0 Å². The van der Waals surface area contributed by atoms with E-state index in [9.17, 15) is 19.2 Å². The molecule has 0 rings (SSSR count). The minimum atomic E-state index is -1.40. The van der Waals surface area contributed by atoms with Crippen LogP contribution in [0.15, 0.2) is 72.9 Å². The highest BCUT2D eigenvalue weighted by Gasteiger charge is 2.18. The van der Waals surface area contributed by atoms with E-state index in [-0.39, 0.29) is 30.9 Å². The van der Waals surface area contributed by atoms with Crippen molar-refractivity contribution in [3.8, 4) is 0 Å². The standard InChI is InChI=1S/C42H68N2O7/c1-3-5-7-9-11-12-13-14-15-16-17-18-19-20-22-24-30-34-41(48)51-37(31-27-23-21-10-8-6-4-2)32-28-25-26-29-33-39(46)43-35-40(47)44-38(36-45)42(49)50/h5,7,10-12,14-15,17-18,21,27,31,37-38,45H,3-4,6,8-9,13,16,19-20,22-26,28-30,32-36H2,1-2H3,(H,43,46)(H,44,47)(H,49,50)/b7-5-,12-11-,15-14-,18-17-,21-10-,31-27-. The van der Waals surface area contributed by atoms with Crippen LogP contribution in [0, 0.1) is 0 Å². The first-order valence-electron chi connectivity index (χ1n) is 19.3. The number of carbonyl (C=O) groups excluding carboxylic acids is 3. The first-order valence-corrected chi connectivity index (χ1v) is 19.3. The molecule has 2 unspecified atom stereocenters. The molecule has 51 heavy (non-hydrogen) atoms. The fourth-order valence-electron chi connectivity index (χ4n) is 4.93. The zero-order valence-electron chi connectivity index (χ0n) is 31.6. The Morgan fingerprint density at radius 1 is 0.627 bits per heavy atom. The van der Waals surface area contributed by atoms with E-state index in [4.69, 9.17) is 14.9 Å². The van der Waals surface area contributed by atoms with Gasteiger partial charge in [0.05, 0.1) is 13.2 Å². The molecular formula is C42H68N2O7. The van der Waals surface area contributed by atoms with Crippen LogP contribution in [0.3, 0.4) is 0 Å². The van der Waals surface area contributed by atoms with Gasteiger partial charge in [-0.25, -0.2) is 4.79 Å². The van der Waals surface area contributed by atoms with E-state index >= 15 is 0 Å². The van der Waals surface area contributed by atoms with E-state index in [2.05, 4.69) is 91.3 Å². The molecule has 0 saturated heterocycles. The van der Waals surface area contributed by atoms with Gasteiger partial charge >= 0.3 is 11.9 Å². The molecule has 0 aliphatic carbocycles. The number of ether oxygens (including phenoxy) is 1. The molecule has 0 saturated carbocycles. The predicted molar refractivity (Wildman–Crippen MR) is 208 cm³/mol. The summed E-state index contributed by atoms with van der Waals surface area (Å²) in [4.78, 5) is 47.4. The van der Waals surface area contributed by atoms with Gasteiger partial charge in [-0.15, -0.1) is 0 Å². The average molecular weight is 713 g/mol. The molecule has 2 amide bonds. The van der Waals surface area contributed by atoms with Crippen LogP contribution >= 0.6 is 0 Å². The number of esters is 1. The summed E-state index contributed by atoms with van der Waals surface area (Å²) >= 11 is 0. The van der Waals surface area contributed by atoms with Crippen LogP contribution in [0.4, 0.5) is 0 Å². The van der Waals surface area contributed by atoms with Crippen molar-refractivity contribution in [3.63, 3.8) is 0 Å². The molecule has 0 spiro atoms. The van der Waals surface area contributed by atoms with Gasteiger partial charge in [0.1, 0.15) is 12.1 Å². The second-order valence-electron chi connectivity index (χ2n) is 12.6. The topological polar surface area (TPSA) is 142 Å². The molecule has 9 heteroatoms. The lowest BCUT2D eigenvalue weighted by atomic mass is 10.1. The first kappa shape index (κ1) is 47.3. The maximum absolute atomic E-state index is 12.6. The monoisotopic (exact) mass is 713 g/mol. The molecule has 0 radical (unpaired) electrons. The number of aliphatic hydroxyl groups excluding tert-OH is 1. The number of carboxylic acid groups (broad SMARTS) is 1. The summed E-state index contributed by atoms with van der Waals surface area (Å²) in [7, 11) is 0. The largest absolute Gasteiger partial charge is 0.480 e. The van der Waals surface area contributed by atoms with E-state index in [1.54, 1.807) is 0 Å². The van der Waals surface area contributed by atoms with Crippen molar-refractivity contribution in [2.45, 2.75) is 154 Å². The summed E-state index contributed by atoms with van der Waals surface area (Å²) < 4.78 is 5.84. The summed E-state index contributed by atoms with van der Waals surface area (Å²) in [5.74, 6) is -2.47. The Kier molecular flexibility index (Phi) is 33.5. The van der Waals surface area contributed by atoms with Gasteiger partial charge in [-0.3, -0.25) is 14.4 Å². The second kappa shape index (κ2) is 36.1. The summed E-state index contributed by atoms with van der Waals surface area (Å²) in [6.07, 6.45) is 43.8. The van der Waals surface area contributed by atoms with Gasteiger partial charge in [0.15, 0.2) is 0 Å². The molecule has 0 fully saturated rings. The third-order valence-corrected chi connectivity index (χ3v) is 7.92. The molecule has 0 aromatic rings. The molecule has 0 heterocycles. The Morgan fingerprint density at radius 2 is 1.18 bits per heavy atom. The SMILES string of the molecule is CC/C=C\C/C=C\C/C=C\C/C=C\CCCCCCC(=O)OC(/C=C\C/C=C\CCCC)CCCCCCC(=O)NCC(=O)NC(CO)C(=O)O. The van der Waals surface area contributed by atoms with Gasteiger partial charge in [-0.1, -0.05) is 119 Å². The van der Waals surface area contributed by atoms with Gasteiger partial charge in [-0.05, 0) is 83.1 Å². The van der Waals surface area contributed by atoms with Gasteiger partial charge in [0, 0.05) is 12.8 Å².